The first kappa shape index (κ1) is 19.6. The molecule has 8 heteroatoms. The van der Waals surface area contributed by atoms with Crippen molar-refractivity contribution >= 4 is 22.7 Å². The van der Waals surface area contributed by atoms with E-state index in [0.717, 1.165) is 0 Å². The summed E-state index contributed by atoms with van der Waals surface area (Å²) < 4.78 is 1.51. The number of nitrogen functional groups attached to an aromatic ring is 1. The second kappa shape index (κ2) is 7.97. The molecule has 8 nitrogen and oxygen atoms in total. The molecule has 0 bridgehead atoms. The van der Waals surface area contributed by atoms with Gasteiger partial charge < -0.3 is 11.1 Å². The summed E-state index contributed by atoms with van der Waals surface area (Å²) in [5.74, 6) is 3.28. The summed E-state index contributed by atoms with van der Waals surface area (Å²) in [4.78, 5) is 26.3. The van der Waals surface area contributed by atoms with E-state index < -0.39 is 6.04 Å². The molecule has 2 aromatic carbocycles. The smallest absolute Gasteiger partial charge is 0.267 e. The number of hydrogen-bond donors (Lipinski definition) is 2. The van der Waals surface area contributed by atoms with Crippen LogP contribution in [-0.2, 0) is 0 Å². The van der Waals surface area contributed by atoms with E-state index in [1.54, 1.807) is 18.2 Å². The van der Waals surface area contributed by atoms with E-state index in [1.165, 1.54) is 10.8 Å². The van der Waals surface area contributed by atoms with Crippen LogP contribution >= 0.6 is 0 Å². The number of fused-ring (bicyclic) bond motifs is 1. The van der Waals surface area contributed by atoms with Crippen LogP contribution in [0.3, 0.4) is 0 Å². The molecule has 4 aromatic rings. The Labute approximate surface area is 178 Å². The minimum absolute atomic E-state index is 0.0271. The average molecular weight is 407 g/mol. The fourth-order valence-corrected chi connectivity index (χ4v) is 3.34. The number of para-hydroxylation sites is 1. The quantitative estimate of drug-likeness (QED) is 0.499. The molecule has 31 heavy (non-hydrogen) atoms. The molecule has 1 atom stereocenters. The molecule has 0 unspecified atom stereocenters. The Kier molecular flexibility index (Phi) is 5.05. The number of nitrogens with two attached hydrogens (primary N) is 1. The number of terminal acetylenes is 1. The van der Waals surface area contributed by atoms with Crippen molar-refractivity contribution in [3.05, 3.63) is 82.0 Å². The van der Waals surface area contributed by atoms with Crippen LogP contribution in [0.15, 0.2) is 59.5 Å². The van der Waals surface area contributed by atoms with Gasteiger partial charge in [-0.05, 0) is 31.2 Å². The van der Waals surface area contributed by atoms with Gasteiger partial charge in [0.2, 0.25) is 5.95 Å². The molecule has 2 heterocycles. The molecule has 4 rings (SSSR count). The zero-order chi connectivity index (χ0) is 22.0. The first-order chi connectivity index (χ1) is 15.0. The maximum Gasteiger partial charge on any atom is 0.267 e. The van der Waals surface area contributed by atoms with Crippen LogP contribution in [0.5, 0.6) is 0 Å². The standard InChI is InChI=1S/C23H17N7O/c1-3-15-8-7-11-18-19(15)22(31)30(17-9-5-4-6-10-17)21(28-18)14(2)27-20-16(12-24)13-26-23(25)29-20/h1,4-11,13-14H,2H3,(H3,25,26,27,29)/t14-/m1/s1. The van der Waals surface area contributed by atoms with Crippen LogP contribution < -0.4 is 16.6 Å². The number of nitriles is 1. The van der Waals surface area contributed by atoms with Crippen molar-refractivity contribution in [1.29, 1.82) is 5.26 Å². The Bertz CT molecular complexity index is 1430. The zero-order valence-corrected chi connectivity index (χ0v) is 16.6. The van der Waals surface area contributed by atoms with Crippen LogP contribution in [0.25, 0.3) is 16.6 Å². The minimum atomic E-state index is -0.506. The highest BCUT2D eigenvalue weighted by Crippen LogP contribution is 2.23. The van der Waals surface area contributed by atoms with Crippen molar-refractivity contribution in [2.24, 2.45) is 0 Å². The fraction of sp³-hybridized carbons (Fsp3) is 0.0870. The predicted octanol–water partition coefficient (Wildman–Crippen LogP) is 2.78. The van der Waals surface area contributed by atoms with Gasteiger partial charge in [0.15, 0.2) is 0 Å². The molecular weight excluding hydrogens is 390 g/mol. The van der Waals surface area contributed by atoms with Crippen LogP contribution in [0, 0.1) is 23.7 Å². The number of nitrogens with zero attached hydrogens (tertiary/aromatic N) is 5. The van der Waals surface area contributed by atoms with E-state index in [-0.39, 0.29) is 22.9 Å². The molecule has 3 N–H and O–H groups in total. The van der Waals surface area contributed by atoms with Crippen molar-refractivity contribution in [2.75, 3.05) is 11.1 Å². The van der Waals surface area contributed by atoms with Gasteiger partial charge in [0.1, 0.15) is 23.3 Å². The van der Waals surface area contributed by atoms with E-state index in [1.807, 2.05) is 43.3 Å². The van der Waals surface area contributed by atoms with Gasteiger partial charge in [0.25, 0.3) is 5.56 Å². The molecule has 2 aromatic heterocycles. The fourth-order valence-electron chi connectivity index (χ4n) is 3.34. The van der Waals surface area contributed by atoms with Crippen LogP contribution in [0.2, 0.25) is 0 Å². The van der Waals surface area contributed by atoms with Crippen molar-refractivity contribution < 1.29 is 0 Å². The number of rotatable bonds is 4. The van der Waals surface area contributed by atoms with Gasteiger partial charge in [-0.25, -0.2) is 9.97 Å². The van der Waals surface area contributed by atoms with Crippen molar-refractivity contribution in [2.45, 2.75) is 13.0 Å². The van der Waals surface area contributed by atoms with Crippen LogP contribution in [0.1, 0.15) is 29.9 Å². The lowest BCUT2D eigenvalue weighted by atomic mass is 10.1. The molecule has 0 aliphatic rings. The van der Waals surface area contributed by atoms with Crippen molar-refractivity contribution in [1.82, 2.24) is 19.5 Å². The number of hydrogen-bond acceptors (Lipinski definition) is 7. The molecule has 0 radical (unpaired) electrons. The van der Waals surface area contributed by atoms with E-state index in [4.69, 9.17) is 17.1 Å². The first-order valence-electron chi connectivity index (χ1n) is 9.40. The Balaban J connectivity index is 1.96. The lowest BCUT2D eigenvalue weighted by molar-refractivity contribution is 0.730. The third kappa shape index (κ3) is 3.54. The van der Waals surface area contributed by atoms with E-state index in [2.05, 4.69) is 21.2 Å². The Morgan fingerprint density at radius 2 is 1.90 bits per heavy atom. The Morgan fingerprint density at radius 1 is 1.13 bits per heavy atom. The van der Waals surface area contributed by atoms with E-state index in [9.17, 15) is 10.1 Å². The largest absolute Gasteiger partial charge is 0.368 e. The highest BCUT2D eigenvalue weighted by atomic mass is 16.1. The molecule has 0 spiro atoms. The lowest BCUT2D eigenvalue weighted by Gasteiger charge is -2.20. The molecule has 0 fully saturated rings. The summed E-state index contributed by atoms with van der Waals surface area (Å²) in [5, 5.41) is 12.9. The van der Waals surface area contributed by atoms with Gasteiger partial charge in [-0.15, -0.1) is 6.42 Å². The summed E-state index contributed by atoms with van der Waals surface area (Å²) in [6.07, 6.45) is 6.97. The van der Waals surface area contributed by atoms with Crippen LogP contribution in [-0.4, -0.2) is 19.5 Å². The van der Waals surface area contributed by atoms with Crippen LogP contribution in [0.4, 0.5) is 11.8 Å². The maximum absolute atomic E-state index is 13.6. The normalized spacial score (nSPS) is 11.5. The lowest BCUT2D eigenvalue weighted by Crippen LogP contribution is -2.28. The third-order valence-electron chi connectivity index (χ3n) is 4.76. The van der Waals surface area contributed by atoms with Gasteiger partial charge in [-0.3, -0.25) is 9.36 Å². The van der Waals surface area contributed by atoms with Crippen molar-refractivity contribution in [3.63, 3.8) is 0 Å². The predicted molar refractivity (Wildman–Crippen MR) is 118 cm³/mol. The average Bonchev–Trinajstić information content (AvgIpc) is 2.79. The van der Waals surface area contributed by atoms with Crippen molar-refractivity contribution in [3.8, 4) is 24.1 Å². The molecule has 0 saturated carbocycles. The van der Waals surface area contributed by atoms with Gasteiger partial charge in [0.05, 0.1) is 28.8 Å². The molecular formula is C23H17N7O. The summed E-state index contributed by atoms with van der Waals surface area (Å²) in [6, 6.07) is 15.9. The number of aromatic nitrogens is 4. The summed E-state index contributed by atoms with van der Waals surface area (Å²) in [5.41, 5.74) is 7.23. The number of benzene rings is 2. The van der Waals surface area contributed by atoms with E-state index >= 15 is 0 Å². The molecule has 0 aliphatic heterocycles. The first-order valence-corrected chi connectivity index (χ1v) is 9.40. The molecule has 150 valence electrons. The Hall–Kier alpha value is -4.69. The molecule has 0 saturated heterocycles. The van der Waals surface area contributed by atoms with E-state index in [0.29, 0.717) is 28.0 Å². The van der Waals surface area contributed by atoms with Gasteiger partial charge >= 0.3 is 0 Å². The van der Waals surface area contributed by atoms with Gasteiger partial charge in [-0.1, -0.05) is 30.2 Å². The SMILES string of the molecule is C#Cc1cccc2nc([C@@H](C)Nc3nc(N)ncc3C#N)n(-c3ccccc3)c(=O)c12. The third-order valence-corrected chi connectivity index (χ3v) is 4.76. The number of nitrogens with one attached hydrogen (secondary N) is 1. The highest BCUT2D eigenvalue weighted by Gasteiger charge is 2.20. The summed E-state index contributed by atoms with van der Waals surface area (Å²) >= 11 is 0. The minimum Gasteiger partial charge on any atom is -0.368 e. The topological polar surface area (TPSA) is 123 Å². The second-order valence-electron chi connectivity index (χ2n) is 6.76. The van der Waals surface area contributed by atoms with Gasteiger partial charge in [0, 0.05) is 5.56 Å². The number of anilines is 2. The summed E-state index contributed by atoms with van der Waals surface area (Å²) in [6.45, 7) is 1.82. The molecule has 0 amide bonds. The molecule has 0 aliphatic carbocycles. The Morgan fingerprint density at radius 3 is 2.61 bits per heavy atom. The van der Waals surface area contributed by atoms with Gasteiger partial charge in [-0.2, -0.15) is 10.2 Å². The zero-order valence-electron chi connectivity index (χ0n) is 16.6. The highest BCUT2D eigenvalue weighted by molar-refractivity contribution is 5.84. The maximum atomic E-state index is 13.6. The second-order valence-corrected chi connectivity index (χ2v) is 6.76. The summed E-state index contributed by atoms with van der Waals surface area (Å²) in [7, 11) is 0. The monoisotopic (exact) mass is 407 g/mol.